The first-order chi connectivity index (χ1) is 5.45. The molecule has 0 amide bonds. The highest BCUT2D eigenvalue weighted by molar-refractivity contribution is 4.73. The molecule has 2 N–H and O–H groups in total. The zero-order valence-corrected chi connectivity index (χ0v) is 8.77. The summed E-state index contributed by atoms with van der Waals surface area (Å²) in [4.78, 5) is 0. The van der Waals surface area contributed by atoms with Crippen molar-refractivity contribution >= 4 is 0 Å². The van der Waals surface area contributed by atoms with Crippen LogP contribution in [0.1, 0.15) is 46.5 Å². The number of hydrogen-bond acceptors (Lipinski definition) is 1. The first-order valence-corrected chi connectivity index (χ1v) is 4.82. The lowest BCUT2D eigenvalue weighted by atomic mass is 9.87. The van der Waals surface area contributed by atoms with Crippen LogP contribution in [-0.2, 0) is 0 Å². The summed E-state index contributed by atoms with van der Waals surface area (Å²) in [5.41, 5.74) is 6.33. The monoisotopic (exact) mass is 169 g/mol. The van der Waals surface area contributed by atoms with Gasteiger partial charge in [-0.2, -0.15) is 0 Å². The van der Waals surface area contributed by atoms with Gasteiger partial charge < -0.3 is 5.73 Å². The molecule has 1 heteroatoms. The summed E-state index contributed by atoms with van der Waals surface area (Å²) in [6, 6.07) is 0.366. The summed E-state index contributed by atoms with van der Waals surface area (Å²) >= 11 is 0. The van der Waals surface area contributed by atoms with Crippen molar-refractivity contribution in [3.8, 4) is 0 Å². The van der Waals surface area contributed by atoms with Crippen LogP contribution in [0.4, 0.5) is 0 Å². The molecular weight excluding hydrogens is 146 g/mol. The van der Waals surface area contributed by atoms with Crippen molar-refractivity contribution in [3.63, 3.8) is 0 Å². The van der Waals surface area contributed by atoms with E-state index in [0.717, 1.165) is 19.3 Å². The largest absolute Gasteiger partial charge is 0.328 e. The molecule has 1 nitrogen and oxygen atoms in total. The highest BCUT2D eigenvalue weighted by Gasteiger charge is 2.14. The van der Waals surface area contributed by atoms with Crippen LogP contribution < -0.4 is 5.73 Å². The van der Waals surface area contributed by atoms with E-state index in [0.29, 0.717) is 11.5 Å². The molecule has 0 heterocycles. The highest BCUT2D eigenvalue weighted by atomic mass is 14.6. The molecule has 1 atom stereocenters. The Hall–Kier alpha value is -0.300. The van der Waals surface area contributed by atoms with Crippen LogP contribution in [0.5, 0.6) is 0 Å². The summed E-state index contributed by atoms with van der Waals surface area (Å²) in [5, 5.41) is 0. The van der Waals surface area contributed by atoms with Crippen LogP contribution in [0.25, 0.3) is 0 Å². The molecular formula is C11H23N. The smallest absolute Gasteiger partial charge is 0.00439 e. The van der Waals surface area contributed by atoms with E-state index in [2.05, 4.69) is 27.4 Å². The van der Waals surface area contributed by atoms with Crippen molar-refractivity contribution in [2.24, 2.45) is 11.1 Å². The minimum Gasteiger partial charge on any atom is -0.328 e. The third-order valence-corrected chi connectivity index (χ3v) is 1.86. The van der Waals surface area contributed by atoms with Crippen molar-refractivity contribution in [1.29, 1.82) is 0 Å². The Morgan fingerprint density at radius 3 is 2.42 bits per heavy atom. The van der Waals surface area contributed by atoms with Crippen LogP contribution in [0.15, 0.2) is 12.7 Å². The van der Waals surface area contributed by atoms with Gasteiger partial charge in [-0.25, -0.2) is 0 Å². The number of rotatable bonds is 5. The SMILES string of the molecule is C=CCCCC(N)CC(C)(C)C. The average molecular weight is 169 g/mol. The Bertz CT molecular complexity index is 121. The molecule has 0 saturated carbocycles. The Kier molecular flexibility index (Phi) is 5.23. The van der Waals surface area contributed by atoms with Crippen LogP contribution >= 0.6 is 0 Å². The third-order valence-electron chi connectivity index (χ3n) is 1.86. The molecule has 1 unspecified atom stereocenters. The van der Waals surface area contributed by atoms with Crippen molar-refractivity contribution in [3.05, 3.63) is 12.7 Å². The molecule has 0 radical (unpaired) electrons. The topological polar surface area (TPSA) is 26.0 Å². The second-order valence-corrected chi connectivity index (χ2v) is 4.74. The molecule has 72 valence electrons. The lowest BCUT2D eigenvalue weighted by molar-refractivity contribution is 0.329. The van der Waals surface area contributed by atoms with E-state index in [-0.39, 0.29) is 0 Å². The molecule has 0 aliphatic rings. The maximum absolute atomic E-state index is 5.97. The third kappa shape index (κ3) is 7.80. The van der Waals surface area contributed by atoms with Crippen molar-refractivity contribution in [1.82, 2.24) is 0 Å². The van der Waals surface area contributed by atoms with Gasteiger partial charge in [-0.05, 0) is 31.1 Å². The molecule has 0 fully saturated rings. The molecule has 0 aromatic rings. The summed E-state index contributed by atoms with van der Waals surface area (Å²) in [7, 11) is 0. The van der Waals surface area contributed by atoms with Crippen molar-refractivity contribution in [2.45, 2.75) is 52.5 Å². The minimum absolute atomic E-state index is 0.366. The normalized spacial score (nSPS) is 14.3. The fourth-order valence-electron chi connectivity index (χ4n) is 1.41. The Morgan fingerprint density at radius 2 is 2.00 bits per heavy atom. The van der Waals surface area contributed by atoms with Gasteiger partial charge in [0.05, 0.1) is 0 Å². The predicted octanol–water partition coefficient (Wildman–Crippen LogP) is 3.11. The molecule has 0 aliphatic carbocycles. The molecule has 12 heavy (non-hydrogen) atoms. The predicted molar refractivity (Wildman–Crippen MR) is 56.1 cm³/mol. The molecule has 0 rings (SSSR count). The van der Waals surface area contributed by atoms with E-state index < -0.39 is 0 Å². The molecule has 0 bridgehead atoms. The van der Waals surface area contributed by atoms with Gasteiger partial charge in [-0.1, -0.05) is 26.8 Å². The van der Waals surface area contributed by atoms with E-state index in [1.54, 1.807) is 0 Å². The van der Waals surface area contributed by atoms with Gasteiger partial charge in [0, 0.05) is 6.04 Å². The van der Waals surface area contributed by atoms with Gasteiger partial charge in [-0.3, -0.25) is 0 Å². The first kappa shape index (κ1) is 11.7. The van der Waals surface area contributed by atoms with E-state index in [4.69, 9.17) is 5.73 Å². The summed E-state index contributed by atoms with van der Waals surface area (Å²) < 4.78 is 0. The standard InChI is InChI=1S/C11H23N/c1-5-6-7-8-10(12)9-11(2,3)4/h5,10H,1,6-9,12H2,2-4H3. The number of hydrogen-bond donors (Lipinski definition) is 1. The number of nitrogens with two attached hydrogens (primary N) is 1. The van der Waals surface area contributed by atoms with Crippen LogP contribution in [0.3, 0.4) is 0 Å². The molecule has 0 saturated heterocycles. The Balaban J connectivity index is 3.46. The zero-order chi connectivity index (χ0) is 9.61. The molecule has 0 aliphatic heterocycles. The average Bonchev–Trinajstić information content (AvgIpc) is 1.84. The van der Waals surface area contributed by atoms with Crippen LogP contribution in [0, 0.1) is 5.41 Å². The first-order valence-electron chi connectivity index (χ1n) is 4.82. The van der Waals surface area contributed by atoms with E-state index >= 15 is 0 Å². The fraction of sp³-hybridized carbons (Fsp3) is 0.818. The van der Waals surface area contributed by atoms with E-state index in [1.807, 2.05) is 6.08 Å². The Labute approximate surface area is 77.0 Å². The van der Waals surface area contributed by atoms with Gasteiger partial charge in [0.1, 0.15) is 0 Å². The van der Waals surface area contributed by atoms with Gasteiger partial charge in [0.2, 0.25) is 0 Å². The van der Waals surface area contributed by atoms with Crippen LogP contribution in [0.2, 0.25) is 0 Å². The van der Waals surface area contributed by atoms with Gasteiger partial charge in [0.15, 0.2) is 0 Å². The minimum atomic E-state index is 0.366. The maximum atomic E-state index is 5.97. The molecule has 0 spiro atoms. The van der Waals surface area contributed by atoms with E-state index in [1.165, 1.54) is 6.42 Å². The second-order valence-electron chi connectivity index (χ2n) is 4.74. The molecule has 0 aromatic heterocycles. The summed E-state index contributed by atoms with van der Waals surface area (Å²) in [6.45, 7) is 10.4. The summed E-state index contributed by atoms with van der Waals surface area (Å²) in [5.74, 6) is 0. The maximum Gasteiger partial charge on any atom is 0.00439 e. The lowest BCUT2D eigenvalue weighted by Crippen LogP contribution is -2.26. The van der Waals surface area contributed by atoms with E-state index in [9.17, 15) is 0 Å². The lowest BCUT2D eigenvalue weighted by Gasteiger charge is -2.22. The van der Waals surface area contributed by atoms with Crippen LogP contribution in [-0.4, -0.2) is 6.04 Å². The van der Waals surface area contributed by atoms with Crippen molar-refractivity contribution in [2.75, 3.05) is 0 Å². The number of allylic oxidation sites excluding steroid dienone is 1. The van der Waals surface area contributed by atoms with Gasteiger partial charge in [-0.15, -0.1) is 6.58 Å². The quantitative estimate of drug-likeness (QED) is 0.496. The number of unbranched alkanes of at least 4 members (excludes halogenated alkanes) is 1. The second kappa shape index (κ2) is 5.36. The van der Waals surface area contributed by atoms with Crippen molar-refractivity contribution < 1.29 is 0 Å². The molecule has 0 aromatic carbocycles. The van der Waals surface area contributed by atoms with Gasteiger partial charge in [0.25, 0.3) is 0 Å². The highest BCUT2D eigenvalue weighted by Crippen LogP contribution is 2.21. The Morgan fingerprint density at radius 1 is 1.42 bits per heavy atom. The fourth-order valence-corrected chi connectivity index (χ4v) is 1.41. The zero-order valence-electron chi connectivity index (χ0n) is 8.77. The summed E-state index contributed by atoms with van der Waals surface area (Å²) in [6.07, 6.45) is 6.48. The van der Waals surface area contributed by atoms with Gasteiger partial charge >= 0.3 is 0 Å².